The lowest BCUT2D eigenvalue weighted by Crippen LogP contribution is -2.45. The molecule has 2 rings (SSSR count). The third kappa shape index (κ3) is 3.52. The van der Waals surface area contributed by atoms with E-state index in [0.717, 1.165) is 39.0 Å². The van der Waals surface area contributed by atoms with Crippen LogP contribution >= 0.6 is 15.9 Å². The molecule has 1 aliphatic rings. The van der Waals surface area contributed by atoms with E-state index in [9.17, 15) is 8.78 Å². The molecule has 0 bridgehead atoms. The van der Waals surface area contributed by atoms with Crippen molar-refractivity contribution in [2.45, 2.75) is 25.8 Å². The Morgan fingerprint density at radius 1 is 1.26 bits per heavy atom. The van der Waals surface area contributed by atoms with Gasteiger partial charge in [0.25, 0.3) is 0 Å². The summed E-state index contributed by atoms with van der Waals surface area (Å²) in [5, 5.41) is 3.26. The number of nitrogens with zero attached hydrogens (tertiary/aromatic N) is 1. The van der Waals surface area contributed by atoms with Crippen LogP contribution in [0.2, 0.25) is 0 Å². The highest BCUT2D eigenvalue weighted by atomic mass is 79.9. The zero-order valence-corrected chi connectivity index (χ0v) is 12.6. The van der Waals surface area contributed by atoms with Crippen LogP contribution in [0.5, 0.6) is 0 Å². The molecule has 5 heteroatoms. The average molecular weight is 333 g/mol. The van der Waals surface area contributed by atoms with Gasteiger partial charge in [0.15, 0.2) is 0 Å². The molecule has 0 spiro atoms. The normalized spacial score (nSPS) is 18.5. The maximum atomic E-state index is 14.1. The standard InChI is InChI=1S/C14H19BrF2N2/c1-2-3-13(19-6-4-18-5-7-19)14-11(16)8-10(15)9-12(14)17/h8-9,13,18H,2-7H2,1H3/t13-/m1/s1. The van der Waals surface area contributed by atoms with Crippen molar-refractivity contribution in [2.75, 3.05) is 26.2 Å². The predicted octanol–water partition coefficient (Wildman–Crippen LogP) is 3.47. The van der Waals surface area contributed by atoms with Gasteiger partial charge in [0.1, 0.15) is 11.6 Å². The van der Waals surface area contributed by atoms with Gasteiger partial charge in [0, 0.05) is 42.3 Å². The van der Waals surface area contributed by atoms with E-state index in [4.69, 9.17) is 0 Å². The molecule has 1 heterocycles. The summed E-state index contributed by atoms with van der Waals surface area (Å²) < 4.78 is 28.7. The van der Waals surface area contributed by atoms with Gasteiger partial charge in [-0.2, -0.15) is 0 Å². The average Bonchev–Trinajstić information content (AvgIpc) is 2.37. The fourth-order valence-corrected chi connectivity index (χ4v) is 3.05. The molecule has 1 saturated heterocycles. The summed E-state index contributed by atoms with van der Waals surface area (Å²) in [5.41, 5.74) is 0.215. The van der Waals surface area contributed by atoms with E-state index in [2.05, 4.69) is 26.1 Å². The molecule has 1 aromatic carbocycles. The molecular formula is C14H19BrF2N2. The van der Waals surface area contributed by atoms with Crippen molar-refractivity contribution in [3.05, 3.63) is 33.8 Å². The van der Waals surface area contributed by atoms with E-state index in [-0.39, 0.29) is 11.6 Å². The van der Waals surface area contributed by atoms with E-state index in [1.807, 2.05) is 6.92 Å². The Bertz CT molecular complexity index is 410. The fraction of sp³-hybridized carbons (Fsp3) is 0.571. The highest BCUT2D eigenvalue weighted by Crippen LogP contribution is 2.32. The number of hydrogen-bond acceptors (Lipinski definition) is 2. The molecule has 0 aliphatic carbocycles. The summed E-state index contributed by atoms with van der Waals surface area (Å²) >= 11 is 3.13. The highest BCUT2D eigenvalue weighted by molar-refractivity contribution is 9.10. The van der Waals surface area contributed by atoms with Gasteiger partial charge < -0.3 is 5.32 Å². The Balaban J connectivity index is 2.32. The second-order valence-electron chi connectivity index (χ2n) is 4.87. The second-order valence-corrected chi connectivity index (χ2v) is 5.79. The summed E-state index contributed by atoms with van der Waals surface area (Å²) in [4.78, 5) is 2.18. The fourth-order valence-electron chi connectivity index (χ4n) is 2.65. The number of benzene rings is 1. The lowest BCUT2D eigenvalue weighted by molar-refractivity contribution is 0.158. The van der Waals surface area contributed by atoms with E-state index < -0.39 is 11.6 Å². The smallest absolute Gasteiger partial charge is 0.132 e. The van der Waals surface area contributed by atoms with Crippen molar-refractivity contribution in [1.82, 2.24) is 10.2 Å². The van der Waals surface area contributed by atoms with Gasteiger partial charge in [-0.1, -0.05) is 29.3 Å². The number of halogens is 3. The zero-order chi connectivity index (χ0) is 13.8. The predicted molar refractivity (Wildman–Crippen MR) is 76.1 cm³/mol. The first-order valence-electron chi connectivity index (χ1n) is 6.72. The molecule has 19 heavy (non-hydrogen) atoms. The lowest BCUT2D eigenvalue weighted by Gasteiger charge is -2.35. The molecule has 0 aromatic heterocycles. The van der Waals surface area contributed by atoms with E-state index >= 15 is 0 Å². The van der Waals surface area contributed by atoms with Gasteiger partial charge in [0.05, 0.1) is 0 Å². The number of nitrogens with one attached hydrogen (secondary N) is 1. The van der Waals surface area contributed by atoms with E-state index in [0.29, 0.717) is 4.47 Å². The maximum absolute atomic E-state index is 14.1. The Labute approximate surface area is 121 Å². The number of piperazine rings is 1. The SMILES string of the molecule is CCC[C@H](c1c(F)cc(Br)cc1F)N1CCNCC1. The second kappa shape index (κ2) is 6.77. The summed E-state index contributed by atoms with van der Waals surface area (Å²) in [7, 11) is 0. The molecule has 0 unspecified atom stereocenters. The third-order valence-electron chi connectivity index (χ3n) is 3.53. The van der Waals surface area contributed by atoms with E-state index in [1.165, 1.54) is 12.1 Å². The molecule has 1 aromatic rings. The van der Waals surface area contributed by atoms with Gasteiger partial charge in [0.2, 0.25) is 0 Å². The quantitative estimate of drug-likeness (QED) is 0.908. The minimum atomic E-state index is -0.455. The summed E-state index contributed by atoms with van der Waals surface area (Å²) in [6.45, 7) is 5.46. The van der Waals surface area contributed by atoms with Crippen LogP contribution in [0.4, 0.5) is 8.78 Å². The molecule has 0 saturated carbocycles. The molecular weight excluding hydrogens is 314 g/mol. The first-order valence-corrected chi connectivity index (χ1v) is 7.52. The van der Waals surface area contributed by atoms with Crippen LogP contribution in [0.1, 0.15) is 31.4 Å². The molecule has 1 aliphatic heterocycles. The van der Waals surface area contributed by atoms with E-state index in [1.54, 1.807) is 0 Å². The minimum absolute atomic E-state index is 0.166. The minimum Gasteiger partial charge on any atom is -0.314 e. The summed E-state index contributed by atoms with van der Waals surface area (Å²) in [6.07, 6.45) is 1.68. The van der Waals surface area contributed by atoms with Crippen LogP contribution in [-0.4, -0.2) is 31.1 Å². The number of hydrogen-bond donors (Lipinski definition) is 1. The van der Waals surface area contributed by atoms with Crippen molar-refractivity contribution in [3.8, 4) is 0 Å². The van der Waals surface area contributed by atoms with Gasteiger partial charge in [-0.15, -0.1) is 0 Å². The molecule has 1 N–H and O–H groups in total. The van der Waals surface area contributed by atoms with Crippen LogP contribution in [-0.2, 0) is 0 Å². The van der Waals surface area contributed by atoms with Gasteiger partial charge in [-0.05, 0) is 18.6 Å². The Morgan fingerprint density at radius 3 is 2.37 bits per heavy atom. The van der Waals surface area contributed by atoms with Crippen LogP contribution < -0.4 is 5.32 Å². The highest BCUT2D eigenvalue weighted by Gasteiger charge is 2.27. The third-order valence-corrected chi connectivity index (χ3v) is 3.99. The topological polar surface area (TPSA) is 15.3 Å². The molecule has 1 atom stereocenters. The van der Waals surface area contributed by atoms with Gasteiger partial charge in [-0.25, -0.2) is 8.78 Å². The lowest BCUT2D eigenvalue weighted by atomic mass is 9.98. The van der Waals surface area contributed by atoms with Crippen LogP contribution in [0.3, 0.4) is 0 Å². The largest absolute Gasteiger partial charge is 0.314 e. The van der Waals surface area contributed by atoms with Crippen molar-refractivity contribution in [1.29, 1.82) is 0 Å². The van der Waals surface area contributed by atoms with Crippen molar-refractivity contribution >= 4 is 15.9 Å². The van der Waals surface area contributed by atoms with Crippen LogP contribution in [0.15, 0.2) is 16.6 Å². The first kappa shape index (κ1) is 14.9. The Hall–Kier alpha value is -0.520. The Morgan fingerprint density at radius 2 is 1.84 bits per heavy atom. The van der Waals surface area contributed by atoms with Crippen molar-refractivity contribution in [2.24, 2.45) is 0 Å². The van der Waals surface area contributed by atoms with Crippen molar-refractivity contribution in [3.63, 3.8) is 0 Å². The Kier molecular flexibility index (Phi) is 5.30. The first-order chi connectivity index (χ1) is 9.13. The zero-order valence-electron chi connectivity index (χ0n) is 11.1. The van der Waals surface area contributed by atoms with Crippen LogP contribution in [0.25, 0.3) is 0 Å². The van der Waals surface area contributed by atoms with Gasteiger partial charge in [-0.3, -0.25) is 4.90 Å². The molecule has 106 valence electrons. The molecule has 0 amide bonds. The summed E-state index contributed by atoms with van der Waals surface area (Å²) in [5.74, 6) is -0.910. The van der Waals surface area contributed by atoms with Crippen molar-refractivity contribution < 1.29 is 8.78 Å². The molecule has 1 fully saturated rings. The monoisotopic (exact) mass is 332 g/mol. The van der Waals surface area contributed by atoms with Gasteiger partial charge >= 0.3 is 0 Å². The summed E-state index contributed by atoms with van der Waals surface area (Å²) in [6, 6.07) is 2.53. The molecule has 2 nitrogen and oxygen atoms in total. The van der Waals surface area contributed by atoms with Crippen LogP contribution in [0, 0.1) is 11.6 Å². The maximum Gasteiger partial charge on any atom is 0.132 e. The number of rotatable bonds is 4. The molecule has 0 radical (unpaired) electrons.